The molecule has 0 unspecified atom stereocenters. The highest BCUT2D eigenvalue weighted by molar-refractivity contribution is 7.12. The van der Waals surface area contributed by atoms with Crippen molar-refractivity contribution in [3.05, 3.63) is 58.7 Å². The lowest BCUT2D eigenvalue weighted by atomic mass is 10.1. The molecule has 6 nitrogen and oxygen atoms in total. The number of piperazine rings is 1. The lowest BCUT2D eigenvalue weighted by Crippen LogP contribution is -2.49. The maximum Gasteiger partial charge on any atom is 0.282 e. The van der Waals surface area contributed by atoms with Crippen molar-refractivity contribution < 1.29 is 4.79 Å². The van der Waals surface area contributed by atoms with Crippen LogP contribution in [0, 0.1) is 0 Å². The highest BCUT2D eigenvalue weighted by atomic mass is 32.1. The van der Waals surface area contributed by atoms with Crippen LogP contribution in [-0.2, 0) is 0 Å². The fourth-order valence-electron chi connectivity index (χ4n) is 3.19. The Bertz CT molecular complexity index is 948. The van der Waals surface area contributed by atoms with Crippen molar-refractivity contribution in [3.63, 3.8) is 0 Å². The lowest BCUT2D eigenvalue weighted by molar-refractivity contribution is 0.0746. The number of carbonyl (C=O) groups is 1. The van der Waals surface area contributed by atoms with Crippen molar-refractivity contribution in [1.29, 1.82) is 0 Å². The van der Waals surface area contributed by atoms with Crippen molar-refractivity contribution in [2.45, 2.75) is 19.8 Å². The van der Waals surface area contributed by atoms with Gasteiger partial charge >= 0.3 is 0 Å². The summed E-state index contributed by atoms with van der Waals surface area (Å²) in [6.07, 6.45) is 1.82. The van der Waals surface area contributed by atoms with Gasteiger partial charge in [-0.15, -0.1) is 11.3 Å². The predicted molar refractivity (Wildman–Crippen MR) is 112 cm³/mol. The second kappa shape index (κ2) is 8.06. The van der Waals surface area contributed by atoms with E-state index < -0.39 is 0 Å². The Hall–Kier alpha value is -2.80. The summed E-state index contributed by atoms with van der Waals surface area (Å²) in [7, 11) is 0. The molecular weight excluding hydrogens is 370 g/mol. The number of thiazole rings is 1. The van der Waals surface area contributed by atoms with Crippen LogP contribution in [0.3, 0.4) is 0 Å². The van der Waals surface area contributed by atoms with Crippen LogP contribution in [0.4, 0.5) is 5.95 Å². The van der Waals surface area contributed by atoms with Gasteiger partial charge in [-0.1, -0.05) is 44.2 Å². The van der Waals surface area contributed by atoms with Crippen molar-refractivity contribution in [3.8, 4) is 11.3 Å². The standard InChI is InChI=1S/C21H23N5OS/c1-15(2)17-8-9-22-21(24-17)26-12-10-25(11-13-26)20(27)19-23-18(14-28-19)16-6-4-3-5-7-16/h3-9,14-15H,10-13H2,1-2H3. The van der Waals surface area contributed by atoms with Crippen LogP contribution in [0.2, 0.25) is 0 Å². The maximum absolute atomic E-state index is 12.9. The highest BCUT2D eigenvalue weighted by Gasteiger charge is 2.25. The van der Waals surface area contributed by atoms with Crippen molar-refractivity contribution >= 4 is 23.2 Å². The van der Waals surface area contributed by atoms with Gasteiger partial charge in [-0.3, -0.25) is 4.79 Å². The van der Waals surface area contributed by atoms with Gasteiger partial charge in [0.15, 0.2) is 5.01 Å². The first-order valence-corrected chi connectivity index (χ1v) is 10.4. The van der Waals surface area contributed by atoms with Gasteiger partial charge < -0.3 is 9.80 Å². The number of benzene rings is 1. The molecule has 1 saturated heterocycles. The number of amides is 1. The topological polar surface area (TPSA) is 62.2 Å². The molecule has 1 aliphatic heterocycles. The third kappa shape index (κ3) is 3.89. The molecule has 2 aromatic heterocycles. The number of anilines is 1. The summed E-state index contributed by atoms with van der Waals surface area (Å²) in [5, 5.41) is 2.50. The quantitative estimate of drug-likeness (QED) is 0.677. The molecular formula is C21H23N5OS. The first kappa shape index (κ1) is 18.6. The lowest BCUT2D eigenvalue weighted by Gasteiger charge is -2.34. The van der Waals surface area contributed by atoms with E-state index in [9.17, 15) is 4.79 Å². The summed E-state index contributed by atoms with van der Waals surface area (Å²) in [6, 6.07) is 11.9. The summed E-state index contributed by atoms with van der Waals surface area (Å²) in [4.78, 5) is 30.5. The molecule has 0 saturated carbocycles. The molecule has 3 heterocycles. The van der Waals surface area contributed by atoms with E-state index in [1.807, 2.05) is 52.9 Å². The highest BCUT2D eigenvalue weighted by Crippen LogP contribution is 2.23. The van der Waals surface area contributed by atoms with Crippen LogP contribution in [0.1, 0.15) is 35.3 Å². The molecule has 0 spiro atoms. The second-order valence-electron chi connectivity index (χ2n) is 7.12. The average molecular weight is 394 g/mol. The Morgan fingerprint density at radius 3 is 2.50 bits per heavy atom. The molecule has 4 rings (SSSR count). The average Bonchev–Trinajstić information content (AvgIpc) is 3.24. The van der Waals surface area contributed by atoms with Gasteiger partial charge in [0.05, 0.1) is 5.69 Å². The monoisotopic (exact) mass is 393 g/mol. The third-order valence-electron chi connectivity index (χ3n) is 4.86. The molecule has 1 aliphatic rings. The smallest absolute Gasteiger partial charge is 0.282 e. The van der Waals surface area contributed by atoms with Crippen molar-refractivity contribution in [2.75, 3.05) is 31.1 Å². The van der Waals surface area contributed by atoms with Crippen LogP contribution in [0.5, 0.6) is 0 Å². The maximum atomic E-state index is 12.9. The second-order valence-corrected chi connectivity index (χ2v) is 7.98. The minimum Gasteiger partial charge on any atom is -0.337 e. The Kier molecular flexibility index (Phi) is 5.34. The van der Waals surface area contributed by atoms with Gasteiger partial charge in [-0.25, -0.2) is 15.0 Å². The third-order valence-corrected chi connectivity index (χ3v) is 5.69. The fraction of sp³-hybridized carbons (Fsp3) is 0.333. The molecule has 144 valence electrons. The molecule has 0 bridgehead atoms. The van der Waals surface area contributed by atoms with Gasteiger partial charge in [0, 0.05) is 49.0 Å². The number of rotatable bonds is 4. The van der Waals surface area contributed by atoms with Gasteiger partial charge in [0.25, 0.3) is 5.91 Å². The molecule has 0 radical (unpaired) electrons. The molecule has 0 aliphatic carbocycles. The molecule has 1 amide bonds. The molecule has 28 heavy (non-hydrogen) atoms. The Labute approximate surface area is 168 Å². The largest absolute Gasteiger partial charge is 0.337 e. The number of carbonyl (C=O) groups excluding carboxylic acids is 1. The SMILES string of the molecule is CC(C)c1ccnc(N2CCN(C(=O)c3nc(-c4ccccc4)cs3)CC2)n1. The molecule has 0 atom stereocenters. The molecule has 1 fully saturated rings. The minimum atomic E-state index is 0.00341. The van der Waals surface area contributed by atoms with Crippen LogP contribution < -0.4 is 4.90 Å². The first-order chi connectivity index (χ1) is 13.6. The molecule has 7 heteroatoms. The Balaban J connectivity index is 1.41. The molecule has 0 N–H and O–H groups in total. The minimum absolute atomic E-state index is 0.00341. The number of hydrogen-bond donors (Lipinski definition) is 0. The van der Waals surface area contributed by atoms with E-state index in [2.05, 4.69) is 33.7 Å². The summed E-state index contributed by atoms with van der Waals surface area (Å²) in [6.45, 7) is 7.00. The fourth-order valence-corrected chi connectivity index (χ4v) is 3.99. The summed E-state index contributed by atoms with van der Waals surface area (Å²) in [5.74, 6) is 1.12. The van der Waals surface area contributed by atoms with E-state index >= 15 is 0 Å². The van der Waals surface area contributed by atoms with Gasteiger partial charge in [0.1, 0.15) is 0 Å². The predicted octanol–water partition coefficient (Wildman–Crippen LogP) is 3.69. The zero-order valence-electron chi connectivity index (χ0n) is 16.1. The van der Waals surface area contributed by atoms with Crippen LogP contribution in [-0.4, -0.2) is 51.9 Å². The van der Waals surface area contributed by atoms with Gasteiger partial charge in [-0.05, 0) is 12.0 Å². The first-order valence-electron chi connectivity index (χ1n) is 9.50. The zero-order valence-corrected chi connectivity index (χ0v) is 16.9. The van der Waals surface area contributed by atoms with Crippen LogP contribution in [0.25, 0.3) is 11.3 Å². The number of aromatic nitrogens is 3. The summed E-state index contributed by atoms with van der Waals surface area (Å²) >= 11 is 1.41. The summed E-state index contributed by atoms with van der Waals surface area (Å²) < 4.78 is 0. The Morgan fingerprint density at radius 2 is 1.79 bits per heavy atom. The van der Waals surface area contributed by atoms with Crippen LogP contribution in [0.15, 0.2) is 48.0 Å². The number of hydrogen-bond acceptors (Lipinski definition) is 6. The molecule has 1 aromatic carbocycles. The molecule has 3 aromatic rings. The van der Waals surface area contributed by atoms with E-state index in [0.717, 1.165) is 36.0 Å². The van der Waals surface area contributed by atoms with Crippen molar-refractivity contribution in [2.24, 2.45) is 0 Å². The van der Waals surface area contributed by atoms with Gasteiger partial charge in [-0.2, -0.15) is 0 Å². The number of nitrogens with zero attached hydrogens (tertiary/aromatic N) is 5. The summed E-state index contributed by atoms with van der Waals surface area (Å²) in [5.41, 5.74) is 2.93. The van der Waals surface area contributed by atoms with Crippen LogP contribution >= 0.6 is 11.3 Å². The Morgan fingerprint density at radius 1 is 1.04 bits per heavy atom. The van der Waals surface area contributed by atoms with E-state index in [4.69, 9.17) is 0 Å². The van der Waals surface area contributed by atoms with E-state index in [-0.39, 0.29) is 5.91 Å². The van der Waals surface area contributed by atoms with E-state index in [1.165, 1.54) is 11.3 Å². The van der Waals surface area contributed by atoms with Crippen molar-refractivity contribution in [1.82, 2.24) is 19.9 Å². The normalized spacial score (nSPS) is 14.5. The van der Waals surface area contributed by atoms with E-state index in [0.29, 0.717) is 24.0 Å². The van der Waals surface area contributed by atoms with Gasteiger partial charge in [0.2, 0.25) is 5.95 Å². The zero-order chi connectivity index (χ0) is 19.5. The van der Waals surface area contributed by atoms with E-state index in [1.54, 1.807) is 0 Å².